The minimum absolute atomic E-state index is 0.00395. The standard InChI is InChI=1S/C17H19F3N4O4S/c1-12-21-15(28-22-12)5-6-16(25)23-7-9-24(10-8-23)29(26,27)14-4-2-3-13(11-14)17(18,19)20/h2-4,11H,5-10H2,1H3. The minimum Gasteiger partial charge on any atom is -0.340 e. The van der Waals surface area contributed by atoms with Gasteiger partial charge in [-0.3, -0.25) is 4.79 Å². The molecule has 158 valence electrons. The third kappa shape index (κ3) is 4.93. The summed E-state index contributed by atoms with van der Waals surface area (Å²) < 4.78 is 70.0. The van der Waals surface area contributed by atoms with E-state index in [1.54, 1.807) is 6.92 Å². The van der Waals surface area contributed by atoms with E-state index < -0.39 is 26.7 Å². The van der Waals surface area contributed by atoms with E-state index >= 15 is 0 Å². The summed E-state index contributed by atoms with van der Waals surface area (Å²) in [6, 6.07) is 3.64. The lowest BCUT2D eigenvalue weighted by atomic mass is 10.2. The molecule has 0 saturated carbocycles. The summed E-state index contributed by atoms with van der Waals surface area (Å²) >= 11 is 0. The highest BCUT2D eigenvalue weighted by Gasteiger charge is 2.34. The first-order valence-corrected chi connectivity index (χ1v) is 10.3. The monoisotopic (exact) mass is 432 g/mol. The van der Waals surface area contributed by atoms with E-state index in [-0.39, 0.29) is 44.9 Å². The van der Waals surface area contributed by atoms with Crippen molar-refractivity contribution < 1.29 is 30.9 Å². The molecule has 1 aliphatic heterocycles. The predicted molar refractivity (Wildman–Crippen MR) is 94.1 cm³/mol. The molecule has 1 aromatic heterocycles. The lowest BCUT2D eigenvalue weighted by Gasteiger charge is -2.34. The summed E-state index contributed by atoms with van der Waals surface area (Å²) in [5.74, 6) is 0.638. The summed E-state index contributed by atoms with van der Waals surface area (Å²) in [5.41, 5.74) is -1.02. The molecule has 0 radical (unpaired) electrons. The molecule has 1 aromatic carbocycles. The second-order valence-electron chi connectivity index (χ2n) is 6.55. The molecule has 0 N–H and O–H groups in total. The van der Waals surface area contributed by atoms with E-state index in [0.717, 1.165) is 22.5 Å². The van der Waals surface area contributed by atoms with E-state index in [9.17, 15) is 26.4 Å². The van der Waals surface area contributed by atoms with Crippen LogP contribution in [0.25, 0.3) is 0 Å². The van der Waals surface area contributed by atoms with Crippen LogP contribution >= 0.6 is 0 Å². The van der Waals surface area contributed by atoms with Gasteiger partial charge in [-0.05, 0) is 25.1 Å². The molecule has 2 aromatic rings. The number of amides is 1. The second kappa shape index (κ2) is 8.11. The fourth-order valence-corrected chi connectivity index (χ4v) is 4.44. The van der Waals surface area contributed by atoms with Gasteiger partial charge in [-0.2, -0.15) is 22.5 Å². The van der Waals surface area contributed by atoms with Gasteiger partial charge in [0.15, 0.2) is 5.82 Å². The van der Waals surface area contributed by atoms with Crippen molar-refractivity contribution >= 4 is 15.9 Å². The van der Waals surface area contributed by atoms with Crippen LogP contribution in [0.1, 0.15) is 23.7 Å². The Kier molecular flexibility index (Phi) is 5.94. The summed E-state index contributed by atoms with van der Waals surface area (Å²) in [7, 11) is -4.08. The first-order chi connectivity index (χ1) is 13.6. The van der Waals surface area contributed by atoms with Gasteiger partial charge in [0.25, 0.3) is 0 Å². The van der Waals surface area contributed by atoms with Gasteiger partial charge in [0.1, 0.15) is 0 Å². The number of benzene rings is 1. The molecule has 0 atom stereocenters. The number of alkyl halides is 3. The molecule has 1 saturated heterocycles. The first kappa shape index (κ1) is 21.2. The number of hydrogen-bond acceptors (Lipinski definition) is 6. The van der Waals surface area contributed by atoms with Crippen molar-refractivity contribution in [3.05, 3.63) is 41.5 Å². The minimum atomic E-state index is -4.63. The number of carbonyl (C=O) groups is 1. The van der Waals surface area contributed by atoms with Crippen LogP contribution in [0.5, 0.6) is 0 Å². The van der Waals surface area contributed by atoms with Gasteiger partial charge in [0, 0.05) is 39.0 Å². The first-order valence-electron chi connectivity index (χ1n) is 8.82. The van der Waals surface area contributed by atoms with Crippen molar-refractivity contribution in [1.82, 2.24) is 19.3 Å². The average Bonchev–Trinajstić information content (AvgIpc) is 3.11. The van der Waals surface area contributed by atoms with Crippen molar-refractivity contribution in [3.8, 4) is 0 Å². The van der Waals surface area contributed by atoms with Crippen LogP contribution in [0.4, 0.5) is 13.2 Å². The van der Waals surface area contributed by atoms with Gasteiger partial charge >= 0.3 is 6.18 Å². The smallest absolute Gasteiger partial charge is 0.340 e. The zero-order valence-corrected chi connectivity index (χ0v) is 16.3. The van der Waals surface area contributed by atoms with E-state index in [1.165, 1.54) is 4.90 Å². The van der Waals surface area contributed by atoms with Crippen LogP contribution in [-0.2, 0) is 27.4 Å². The van der Waals surface area contributed by atoms with Gasteiger partial charge in [-0.1, -0.05) is 11.2 Å². The number of hydrogen-bond donors (Lipinski definition) is 0. The van der Waals surface area contributed by atoms with E-state index in [2.05, 4.69) is 10.1 Å². The molecule has 1 amide bonds. The Bertz CT molecular complexity index is 983. The lowest BCUT2D eigenvalue weighted by molar-refractivity contribution is -0.137. The highest BCUT2D eigenvalue weighted by atomic mass is 32.2. The maximum atomic E-state index is 12.9. The molecule has 0 bridgehead atoms. The van der Waals surface area contributed by atoms with Gasteiger partial charge in [0.2, 0.25) is 21.8 Å². The molecule has 0 aliphatic carbocycles. The Morgan fingerprint density at radius 2 is 1.90 bits per heavy atom. The van der Waals surface area contributed by atoms with E-state index in [4.69, 9.17) is 4.52 Å². The van der Waals surface area contributed by atoms with Crippen molar-refractivity contribution in [3.63, 3.8) is 0 Å². The largest absolute Gasteiger partial charge is 0.416 e. The van der Waals surface area contributed by atoms with Gasteiger partial charge in [-0.25, -0.2) is 8.42 Å². The molecule has 1 aliphatic rings. The zero-order valence-electron chi connectivity index (χ0n) is 15.5. The summed E-state index contributed by atoms with van der Waals surface area (Å²) in [5, 5.41) is 3.64. The molecule has 2 heterocycles. The van der Waals surface area contributed by atoms with Gasteiger partial charge in [0.05, 0.1) is 10.5 Å². The number of sulfonamides is 1. The molecule has 29 heavy (non-hydrogen) atoms. The number of aryl methyl sites for hydroxylation is 2. The highest BCUT2D eigenvalue weighted by molar-refractivity contribution is 7.89. The normalized spacial score (nSPS) is 16.2. The number of carbonyl (C=O) groups excluding carboxylic acids is 1. The molecular weight excluding hydrogens is 413 g/mol. The maximum Gasteiger partial charge on any atom is 0.416 e. The molecular formula is C17H19F3N4O4S. The molecule has 0 unspecified atom stereocenters. The second-order valence-corrected chi connectivity index (χ2v) is 8.48. The van der Waals surface area contributed by atoms with Crippen molar-refractivity contribution in [2.24, 2.45) is 0 Å². The average molecular weight is 432 g/mol. The summed E-state index contributed by atoms with van der Waals surface area (Å²) in [6.07, 6.45) is -4.21. The van der Waals surface area contributed by atoms with Gasteiger partial charge in [-0.15, -0.1) is 0 Å². The maximum absolute atomic E-state index is 12.9. The van der Waals surface area contributed by atoms with Crippen LogP contribution in [0.2, 0.25) is 0 Å². The molecule has 0 spiro atoms. The van der Waals surface area contributed by atoms with Gasteiger partial charge < -0.3 is 9.42 Å². The van der Waals surface area contributed by atoms with Crippen molar-refractivity contribution in [1.29, 1.82) is 0 Å². The Hall–Kier alpha value is -2.47. The third-order valence-electron chi connectivity index (χ3n) is 4.51. The van der Waals surface area contributed by atoms with E-state index in [1.807, 2.05) is 0 Å². The van der Waals surface area contributed by atoms with Crippen molar-refractivity contribution in [2.75, 3.05) is 26.2 Å². The summed E-state index contributed by atoms with van der Waals surface area (Å²) in [4.78, 5) is 17.4. The Morgan fingerprint density at radius 3 is 2.48 bits per heavy atom. The number of rotatable bonds is 5. The van der Waals surface area contributed by atoms with Crippen LogP contribution in [0.15, 0.2) is 33.7 Å². The third-order valence-corrected chi connectivity index (χ3v) is 6.41. The Balaban J connectivity index is 1.60. The van der Waals surface area contributed by atoms with Crippen molar-refractivity contribution in [2.45, 2.75) is 30.8 Å². The number of piperazine rings is 1. The Morgan fingerprint density at radius 1 is 1.21 bits per heavy atom. The molecule has 8 nitrogen and oxygen atoms in total. The quantitative estimate of drug-likeness (QED) is 0.716. The molecule has 3 rings (SSSR count). The SMILES string of the molecule is Cc1noc(CCC(=O)N2CCN(S(=O)(=O)c3cccc(C(F)(F)F)c3)CC2)n1. The lowest BCUT2D eigenvalue weighted by Crippen LogP contribution is -2.50. The van der Waals surface area contributed by atoms with E-state index in [0.29, 0.717) is 17.8 Å². The fourth-order valence-electron chi connectivity index (χ4n) is 2.97. The zero-order chi connectivity index (χ0) is 21.2. The summed E-state index contributed by atoms with van der Waals surface area (Å²) in [6.45, 7) is 1.98. The van der Waals surface area contributed by atoms with Crippen LogP contribution in [0.3, 0.4) is 0 Å². The molecule has 1 fully saturated rings. The fraction of sp³-hybridized carbons (Fsp3) is 0.471. The number of aromatic nitrogens is 2. The molecule has 12 heteroatoms. The Labute approximate surface area is 165 Å². The van der Waals surface area contributed by atoms with Crippen LogP contribution in [0, 0.1) is 6.92 Å². The number of nitrogens with zero attached hydrogens (tertiary/aromatic N) is 4. The highest BCUT2D eigenvalue weighted by Crippen LogP contribution is 2.31. The topological polar surface area (TPSA) is 96.6 Å². The van der Waals surface area contributed by atoms with Crippen LogP contribution in [-0.4, -0.2) is 59.8 Å². The predicted octanol–water partition coefficient (Wildman–Crippen LogP) is 1.86. The van der Waals surface area contributed by atoms with Crippen LogP contribution < -0.4 is 0 Å². The number of halogens is 3.